The first-order valence-electron chi connectivity index (χ1n) is 3.89. The van der Waals surface area contributed by atoms with Gasteiger partial charge >= 0.3 is 0 Å². The fraction of sp³-hybridized carbons (Fsp3) is 0.222. The van der Waals surface area contributed by atoms with Gasteiger partial charge in [-0.1, -0.05) is 23.7 Å². The number of rotatable bonds is 3. The van der Waals surface area contributed by atoms with Crippen molar-refractivity contribution in [2.24, 2.45) is 11.5 Å². The predicted molar refractivity (Wildman–Crippen MR) is 52.2 cm³/mol. The molecule has 0 aromatic heterocycles. The molecule has 1 aromatic rings. The molecule has 0 aliphatic heterocycles. The van der Waals surface area contributed by atoms with Crippen molar-refractivity contribution in [2.75, 3.05) is 0 Å². The van der Waals surface area contributed by atoms with Crippen molar-refractivity contribution in [3.8, 4) is 0 Å². The third-order valence-electron chi connectivity index (χ3n) is 1.72. The lowest BCUT2D eigenvalue weighted by Crippen LogP contribution is -2.20. The molecule has 1 amide bonds. The van der Waals surface area contributed by atoms with Gasteiger partial charge in [0, 0.05) is 17.5 Å². The van der Waals surface area contributed by atoms with Crippen molar-refractivity contribution in [3.05, 3.63) is 34.9 Å². The third-order valence-corrected chi connectivity index (χ3v) is 1.97. The summed E-state index contributed by atoms with van der Waals surface area (Å²) in [5.41, 5.74) is 11.6. The van der Waals surface area contributed by atoms with E-state index in [1.165, 1.54) is 0 Å². The Labute approximate surface area is 81.7 Å². The quantitative estimate of drug-likeness (QED) is 0.767. The van der Waals surface area contributed by atoms with Crippen LogP contribution in [0.4, 0.5) is 0 Å². The number of nitrogens with two attached hydrogens (primary N) is 2. The van der Waals surface area contributed by atoms with Crippen LogP contribution >= 0.6 is 11.6 Å². The molecule has 1 unspecified atom stereocenters. The molecule has 3 nitrogen and oxygen atoms in total. The average Bonchev–Trinajstić information content (AvgIpc) is 2.04. The first-order chi connectivity index (χ1) is 6.09. The summed E-state index contributed by atoms with van der Waals surface area (Å²) in [4.78, 5) is 10.6. The Morgan fingerprint density at radius 2 is 1.92 bits per heavy atom. The third kappa shape index (κ3) is 3.05. The van der Waals surface area contributed by atoms with E-state index in [0.29, 0.717) is 5.02 Å². The SMILES string of the molecule is NC(=O)CC(N)c1ccc(Cl)cc1. The Morgan fingerprint density at radius 1 is 1.38 bits per heavy atom. The van der Waals surface area contributed by atoms with E-state index < -0.39 is 5.91 Å². The van der Waals surface area contributed by atoms with E-state index in [0.717, 1.165) is 5.56 Å². The monoisotopic (exact) mass is 198 g/mol. The second-order valence-corrected chi connectivity index (χ2v) is 3.26. The van der Waals surface area contributed by atoms with E-state index in [-0.39, 0.29) is 12.5 Å². The smallest absolute Gasteiger partial charge is 0.219 e. The summed E-state index contributed by atoms with van der Waals surface area (Å²) < 4.78 is 0. The van der Waals surface area contributed by atoms with Gasteiger partial charge in [-0.15, -0.1) is 0 Å². The fourth-order valence-electron chi connectivity index (χ4n) is 1.04. The van der Waals surface area contributed by atoms with Gasteiger partial charge in [-0.05, 0) is 17.7 Å². The van der Waals surface area contributed by atoms with E-state index in [9.17, 15) is 4.79 Å². The summed E-state index contributed by atoms with van der Waals surface area (Å²) in [6.45, 7) is 0. The molecule has 0 saturated heterocycles. The van der Waals surface area contributed by atoms with Crippen LogP contribution in [0.1, 0.15) is 18.0 Å². The van der Waals surface area contributed by atoms with Crippen LogP contribution in [0.3, 0.4) is 0 Å². The van der Waals surface area contributed by atoms with Gasteiger partial charge in [-0.25, -0.2) is 0 Å². The number of amides is 1. The summed E-state index contributed by atoms with van der Waals surface area (Å²) in [7, 11) is 0. The van der Waals surface area contributed by atoms with Gasteiger partial charge in [-0.3, -0.25) is 4.79 Å². The zero-order chi connectivity index (χ0) is 9.84. The summed E-state index contributed by atoms with van der Waals surface area (Å²) in [5.74, 6) is -0.401. The highest BCUT2D eigenvalue weighted by Gasteiger charge is 2.08. The van der Waals surface area contributed by atoms with E-state index in [2.05, 4.69) is 0 Å². The number of hydrogen-bond acceptors (Lipinski definition) is 2. The second kappa shape index (κ2) is 4.25. The van der Waals surface area contributed by atoms with Crippen LogP contribution in [-0.4, -0.2) is 5.91 Å². The first kappa shape index (κ1) is 10.0. The number of hydrogen-bond donors (Lipinski definition) is 2. The van der Waals surface area contributed by atoms with Crippen molar-refractivity contribution in [1.82, 2.24) is 0 Å². The van der Waals surface area contributed by atoms with Gasteiger partial charge in [0.1, 0.15) is 0 Å². The molecule has 0 saturated carbocycles. The number of primary amides is 1. The Kier molecular flexibility index (Phi) is 3.28. The Balaban J connectivity index is 2.71. The topological polar surface area (TPSA) is 69.1 Å². The fourth-order valence-corrected chi connectivity index (χ4v) is 1.17. The number of halogens is 1. The molecule has 0 aliphatic rings. The van der Waals surface area contributed by atoms with E-state index in [1.807, 2.05) is 0 Å². The highest BCUT2D eigenvalue weighted by molar-refractivity contribution is 6.30. The van der Waals surface area contributed by atoms with Crippen LogP contribution in [0.25, 0.3) is 0 Å². The minimum Gasteiger partial charge on any atom is -0.370 e. The zero-order valence-corrected chi connectivity index (χ0v) is 7.79. The Hall–Kier alpha value is -1.06. The summed E-state index contributed by atoms with van der Waals surface area (Å²) in [5, 5.41) is 0.648. The number of benzene rings is 1. The van der Waals surface area contributed by atoms with Gasteiger partial charge in [-0.2, -0.15) is 0 Å². The minimum absolute atomic E-state index is 0.154. The molecule has 4 N–H and O–H groups in total. The second-order valence-electron chi connectivity index (χ2n) is 2.83. The number of carbonyl (C=O) groups excluding carboxylic acids is 1. The molecule has 1 rings (SSSR count). The van der Waals surface area contributed by atoms with Crippen molar-refractivity contribution in [1.29, 1.82) is 0 Å². The standard InChI is InChI=1S/C9H11ClN2O/c10-7-3-1-6(2-4-7)8(11)5-9(12)13/h1-4,8H,5,11H2,(H2,12,13). The van der Waals surface area contributed by atoms with Gasteiger partial charge in [0.15, 0.2) is 0 Å². The number of carbonyl (C=O) groups is 1. The van der Waals surface area contributed by atoms with Gasteiger partial charge in [0.05, 0.1) is 0 Å². The van der Waals surface area contributed by atoms with Crippen molar-refractivity contribution in [3.63, 3.8) is 0 Å². The van der Waals surface area contributed by atoms with Crippen molar-refractivity contribution in [2.45, 2.75) is 12.5 Å². The maximum absolute atomic E-state index is 10.6. The van der Waals surface area contributed by atoms with Crippen molar-refractivity contribution < 1.29 is 4.79 Å². The van der Waals surface area contributed by atoms with Gasteiger partial charge in [0.2, 0.25) is 5.91 Å². The average molecular weight is 199 g/mol. The molecule has 70 valence electrons. The lowest BCUT2D eigenvalue weighted by Gasteiger charge is -2.09. The first-order valence-corrected chi connectivity index (χ1v) is 4.26. The van der Waals surface area contributed by atoms with Crippen LogP contribution in [-0.2, 0) is 4.79 Å². The van der Waals surface area contributed by atoms with Crippen molar-refractivity contribution >= 4 is 17.5 Å². The molecule has 13 heavy (non-hydrogen) atoms. The Morgan fingerprint density at radius 3 is 2.38 bits per heavy atom. The van der Waals surface area contributed by atoms with E-state index >= 15 is 0 Å². The molecule has 0 aliphatic carbocycles. The van der Waals surface area contributed by atoms with Gasteiger partial charge < -0.3 is 11.5 Å². The lowest BCUT2D eigenvalue weighted by atomic mass is 10.1. The van der Waals surface area contributed by atoms with Crippen LogP contribution < -0.4 is 11.5 Å². The molecule has 0 radical (unpaired) electrons. The maximum atomic E-state index is 10.6. The maximum Gasteiger partial charge on any atom is 0.219 e. The molecule has 4 heteroatoms. The summed E-state index contributed by atoms with van der Waals surface area (Å²) in [6, 6.07) is 6.70. The highest BCUT2D eigenvalue weighted by atomic mass is 35.5. The van der Waals surface area contributed by atoms with Crippen LogP contribution in [0.2, 0.25) is 5.02 Å². The molecule has 0 bridgehead atoms. The van der Waals surface area contributed by atoms with E-state index in [4.69, 9.17) is 23.1 Å². The molecule has 0 spiro atoms. The molecule has 0 fully saturated rings. The predicted octanol–water partition coefficient (Wildman–Crippen LogP) is 1.22. The van der Waals surface area contributed by atoms with Gasteiger partial charge in [0.25, 0.3) is 0 Å². The lowest BCUT2D eigenvalue weighted by molar-refractivity contribution is -0.118. The highest BCUT2D eigenvalue weighted by Crippen LogP contribution is 2.16. The normalized spacial score (nSPS) is 12.5. The zero-order valence-electron chi connectivity index (χ0n) is 7.03. The summed E-state index contributed by atoms with van der Waals surface area (Å²) >= 11 is 5.69. The molecule has 0 heterocycles. The summed E-state index contributed by atoms with van der Waals surface area (Å²) in [6.07, 6.45) is 0.154. The minimum atomic E-state index is -0.401. The van der Waals surface area contributed by atoms with E-state index in [1.54, 1.807) is 24.3 Å². The van der Waals surface area contributed by atoms with Crippen LogP contribution in [0.15, 0.2) is 24.3 Å². The molecular formula is C9H11ClN2O. The van der Waals surface area contributed by atoms with Crippen LogP contribution in [0, 0.1) is 0 Å². The largest absolute Gasteiger partial charge is 0.370 e. The van der Waals surface area contributed by atoms with Crippen LogP contribution in [0.5, 0.6) is 0 Å². The molecular weight excluding hydrogens is 188 g/mol. The Bertz CT molecular complexity index is 297. The molecule has 1 aromatic carbocycles. The molecule has 1 atom stereocenters.